The molecule has 2 aliphatic heterocycles. The van der Waals surface area contributed by atoms with Crippen molar-refractivity contribution in [1.82, 2.24) is 10.6 Å². The summed E-state index contributed by atoms with van der Waals surface area (Å²) in [5, 5.41) is 85.0. The van der Waals surface area contributed by atoms with Crippen molar-refractivity contribution in [2.45, 2.75) is 61.0 Å². The van der Waals surface area contributed by atoms with E-state index in [1.165, 1.54) is 24.3 Å². The van der Waals surface area contributed by atoms with Crippen molar-refractivity contribution in [2.75, 3.05) is 26.3 Å². The molecule has 2 heterocycles. The summed E-state index contributed by atoms with van der Waals surface area (Å²) in [5.41, 5.74) is 1.13. The van der Waals surface area contributed by atoms with Crippen molar-refractivity contribution in [3.05, 3.63) is 70.8 Å². The molecule has 2 aliphatic rings. The third kappa shape index (κ3) is 6.79. The van der Waals surface area contributed by atoms with E-state index in [1.54, 1.807) is 24.3 Å². The van der Waals surface area contributed by atoms with Crippen molar-refractivity contribution in [2.24, 2.45) is 0 Å². The maximum Gasteiger partial charge on any atom is 0.251 e. The zero-order valence-corrected chi connectivity index (χ0v) is 22.4. The molecule has 2 saturated heterocycles. The van der Waals surface area contributed by atoms with Gasteiger partial charge in [0.25, 0.3) is 11.8 Å². The average Bonchev–Trinajstić information content (AvgIpc) is 3.01. The quantitative estimate of drug-likeness (QED) is 0.130. The Labute approximate surface area is 240 Å². The number of aliphatic hydroxyl groups is 8. The van der Waals surface area contributed by atoms with Gasteiger partial charge in [0.2, 0.25) is 0 Å². The Kier molecular flexibility index (Phi) is 10.6. The minimum absolute atomic E-state index is 0.0568. The van der Waals surface area contributed by atoms with Crippen LogP contribution in [-0.2, 0) is 9.47 Å². The van der Waals surface area contributed by atoms with Gasteiger partial charge in [-0.2, -0.15) is 0 Å². The SMILES string of the molecule is O=C(NCCNC(=O)c1cccc([C@H]2O[C@H](CO)[C@@H](O)[C@H](O)[C@@H]2O)c1)c1cccc([C@H]2O[C@H](CO)[C@@H](O)[C@H](O)[C@@H]2O)c1. The Balaban J connectivity index is 1.31. The van der Waals surface area contributed by atoms with E-state index in [-0.39, 0.29) is 24.2 Å². The van der Waals surface area contributed by atoms with Crippen LogP contribution in [0.1, 0.15) is 44.1 Å². The summed E-state index contributed by atoms with van der Waals surface area (Å²) in [5.74, 6) is -0.972. The lowest BCUT2D eigenvalue weighted by Gasteiger charge is -2.40. The molecule has 2 amide bonds. The second-order valence-electron chi connectivity index (χ2n) is 10.3. The highest BCUT2D eigenvalue weighted by Crippen LogP contribution is 2.34. The molecule has 0 saturated carbocycles. The van der Waals surface area contributed by atoms with Crippen molar-refractivity contribution in [3.63, 3.8) is 0 Å². The number of carbonyl (C=O) groups excluding carboxylic acids is 2. The van der Waals surface area contributed by atoms with Crippen LogP contribution in [0, 0.1) is 0 Å². The van der Waals surface area contributed by atoms with Gasteiger partial charge in [0.15, 0.2) is 0 Å². The fourth-order valence-electron chi connectivity index (χ4n) is 5.02. The van der Waals surface area contributed by atoms with Crippen LogP contribution in [0.5, 0.6) is 0 Å². The first kappa shape index (κ1) is 31.9. The average molecular weight is 593 g/mol. The summed E-state index contributed by atoms with van der Waals surface area (Å²) >= 11 is 0. The molecule has 10 N–H and O–H groups in total. The number of hydrogen-bond donors (Lipinski definition) is 10. The molecule has 0 radical (unpaired) electrons. The molecule has 14 heteroatoms. The Bertz CT molecular complexity index is 1130. The van der Waals surface area contributed by atoms with Gasteiger partial charge in [-0.3, -0.25) is 9.59 Å². The molecule has 2 fully saturated rings. The number of benzene rings is 2. The topological polar surface area (TPSA) is 238 Å². The van der Waals surface area contributed by atoms with Crippen LogP contribution in [0.25, 0.3) is 0 Å². The van der Waals surface area contributed by atoms with Crippen LogP contribution in [0.3, 0.4) is 0 Å². The maximum atomic E-state index is 12.7. The lowest BCUT2D eigenvalue weighted by molar-refractivity contribution is -0.231. The summed E-state index contributed by atoms with van der Waals surface area (Å²) < 4.78 is 11.1. The van der Waals surface area contributed by atoms with E-state index >= 15 is 0 Å². The van der Waals surface area contributed by atoms with Gasteiger partial charge in [-0.05, 0) is 35.4 Å². The van der Waals surface area contributed by atoms with Crippen LogP contribution >= 0.6 is 0 Å². The monoisotopic (exact) mass is 592 g/mol. The summed E-state index contributed by atoms with van der Waals surface area (Å²) in [4.78, 5) is 25.4. The highest BCUT2D eigenvalue weighted by Gasteiger charge is 2.45. The Hall–Kier alpha value is -3.02. The molecule has 0 aromatic heterocycles. The summed E-state index contributed by atoms with van der Waals surface area (Å²) in [6, 6.07) is 12.2. The van der Waals surface area contributed by atoms with Gasteiger partial charge in [0.1, 0.15) is 61.0 Å². The van der Waals surface area contributed by atoms with Gasteiger partial charge in [-0.25, -0.2) is 0 Å². The molecular formula is C28H36N2O12. The van der Waals surface area contributed by atoms with E-state index in [2.05, 4.69) is 10.6 Å². The number of amides is 2. The Morgan fingerprint density at radius 1 is 0.595 bits per heavy atom. The highest BCUT2D eigenvalue weighted by atomic mass is 16.6. The van der Waals surface area contributed by atoms with Gasteiger partial charge in [0.05, 0.1) is 13.2 Å². The van der Waals surface area contributed by atoms with Crippen molar-refractivity contribution >= 4 is 11.8 Å². The predicted octanol–water partition coefficient (Wildman–Crippen LogP) is -3.12. The number of nitrogens with one attached hydrogen (secondary N) is 2. The molecule has 230 valence electrons. The normalized spacial score (nSPS) is 33.1. The zero-order chi connectivity index (χ0) is 30.6. The second kappa shape index (κ2) is 14.0. The molecule has 14 nitrogen and oxygen atoms in total. The van der Waals surface area contributed by atoms with Crippen LogP contribution < -0.4 is 10.6 Å². The van der Waals surface area contributed by atoms with E-state index in [4.69, 9.17) is 9.47 Å². The minimum atomic E-state index is -1.56. The molecule has 0 aliphatic carbocycles. The zero-order valence-electron chi connectivity index (χ0n) is 22.4. The molecule has 0 bridgehead atoms. The highest BCUT2D eigenvalue weighted by molar-refractivity contribution is 5.95. The number of hydrogen-bond acceptors (Lipinski definition) is 12. The van der Waals surface area contributed by atoms with Crippen molar-refractivity contribution < 1.29 is 59.9 Å². The Morgan fingerprint density at radius 2 is 0.976 bits per heavy atom. The number of carbonyl (C=O) groups is 2. The molecular weight excluding hydrogens is 556 g/mol. The van der Waals surface area contributed by atoms with Crippen molar-refractivity contribution in [3.8, 4) is 0 Å². The Morgan fingerprint density at radius 3 is 1.33 bits per heavy atom. The van der Waals surface area contributed by atoms with Crippen LogP contribution in [0.15, 0.2) is 48.5 Å². The second-order valence-corrected chi connectivity index (χ2v) is 10.3. The molecule has 4 rings (SSSR count). The van der Waals surface area contributed by atoms with Gasteiger partial charge < -0.3 is 61.0 Å². The lowest BCUT2D eigenvalue weighted by atomic mass is 9.90. The van der Waals surface area contributed by atoms with Gasteiger partial charge in [-0.15, -0.1) is 0 Å². The third-order valence-corrected chi connectivity index (χ3v) is 7.44. The number of ether oxygens (including phenoxy) is 2. The van der Waals surface area contributed by atoms with Crippen LogP contribution in [-0.4, -0.2) is 128 Å². The third-order valence-electron chi connectivity index (χ3n) is 7.44. The predicted molar refractivity (Wildman–Crippen MR) is 143 cm³/mol. The summed E-state index contributed by atoms with van der Waals surface area (Å²) in [6.07, 6.45) is -13.5. The van der Waals surface area contributed by atoms with Gasteiger partial charge >= 0.3 is 0 Å². The first-order chi connectivity index (χ1) is 20.1. The van der Waals surface area contributed by atoms with Crippen LogP contribution in [0.2, 0.25) is 0 Å². The largest absolute Gasteiger partial charge is 0.394 e. The summed E-state index contributed by atoms with van der Waals surface area (Å²) in [7, 11) is 0. The lowest BCUT2D eigenvalue weighted by Crippen LogP contribution is -2.55. The van der Waals surface area contributed by atoms with E-state index in [0.717, 1.165) is 0 Å². The maximum absolute atomic E-state index is 12.7. The number of aliphatic hydroxyl groups excluding tert-OH is 8. The fourth-order valence-corrected chi connectivity index (χ4v) is 5.02. The first-order valence-electron chi connectivity index (χ1n) is 13.4. The number of rotatable bonds is 9. The minimum Gasteiger partial charge on any atom is -0.394 e. The molecule has 2 aromatic rings. The molecule has 0 unspecified atom stereocenters. The smallest absolute Gasteiger partial charge is 0.251 e. The van der Waals surface area contributed by atoms with Gasteiger partial charge in [-0.1, -0.05) is 24.3 Å². The van der Waals surface area contributed by atoms with E-state index in [1.807, 2.05) is 0 Å². The molecule has 2 aromatic carbocycles. The molecule has 42 heavy (non-hydrogen) atoms. The molecule has 0 spiro atoms. The van der Waals surface area contributed by atoms with E-state index in [9.17, 15) is 50.4 Å². The van der Waals surface area contributed by atoms with E-state index in [0.29, 0.717) is 11.1 Å². The van der Waals surface area contributed by atoms with Gasteiger partial charge in [0, 0.05) is 24.2 Å². The standard InChI is InChI=1S/C28H36N2O12/c31-11-17-19(33)21(35)23(37)25(41-17)13-3-1-5-15(9-13)27(39)29-7-8-30-28(40)16-6-2-4-14(10-16)26-24(38)22(36)20(34)18(12-32)42-26/h1-6,9-10,17-26,31-38H,7-8,11-12H2,(H,29,39)(H,30,40)/t17-,18-,19-,20-,21+,22+,23+,24+,25-,26-/m1/s1. The molecule has 10 atom stereocenters. The first-order valence-corrected chi connectivity index (χ1v) is 13.4. The summed E-state index contributed by atoms with van der Waals surface area (Å²) in [6.45, 7) is -1.04. The van der Waals surface area contributed by atoms with Crippen LogP contribution in [0.4, 0.5) is 0 Å². The van der Waals surface area contributed by atoms with E-state index < -0.39 is 86.1 Å². The van der Waals surface area contributed by atoms with Crippen molar-refractivity contribution in [1.29, 1.82) is 0 Å². The fraction of sp³-hybridized carbons (Fsp3) is 0.500.